The van der Waals surface area contributed by atoms with Gasteiger partial charge in [0, 0.05) is 31.1 Å². The molecule has 0 radical (unpaired) electrons. The summed E-state index contributed by atoms with van der Waals surface area (Å²) in [5, 5.41) is 4.54. The van der Waals surface area contributed by atoms with Crippen molar-refractivity contribution in [3.63, 3.8) is 0 Å². The molecule has 1 aromatic carbocycles. The lowest BCUT2D eigenvalue weighted by Gasteiger charge is -2.14. The monoisotopic (exact) mass is 364 g/mol. The first-order chi connectivity index (χ1) is 11.4. The van der Waals surface area contributed by atoms with Gasteiger partial charge in [0.25, 0.3) is 5.56 Å². The molecule has 0 spiro atoms. The van der Waals surface area contributed by atoms with E-state index in [0.717, 1.165) is 0 Å². The lowest BCUT2D eigenvalue weighted by Crippen LogP contribution is -2.24. The highest BCUT2D eigenvalue weighted by Gasteiger charge is 2.17. The van der Waals surface area contributed by atoms with Gasteiger partial charge in [-0.15, -0.1) is 5.10 Å². The first-order valence-corrected chi connectivity index (χ1v) is 7.85. The predicted octanol–water partition coefficient (Wildman–Crippen LogP) is 3.68. The molecule has 0 amide bonds. The van der Waals surface area contributed by atoms with Crippen LogP contribution in [-0.4, -0.2) is 19.3 Å². The van der Waals surface area contributed by atoms with E-state index in [-0.39, 0.29) is 15.6 Å². The van der Waals surface area contributed by atoms with Gasteiger partial charge in [-0.25, -0.2) is 4.98 Å². The summed E-state index contributed by atoms with van der Waals surface area (Å²) in [5.41, 5.74) is 0.772. The van der Waals surface area contributed by atoms with Crippen LogP contribution in [0.4, 0.5) is 0 Å². The van der Waals surface area contributed by atoms with Crippen molar-refractivity contribution in [2.75, 3.05) is 0 Å². The summed E-state index contributed by atoms with van der Waals surface area (Å²) in [6, 6.07) is 5.02. The maximum atomic E-state index is 12.4. The average molecular weight is 365 g/mol. The molecule has 0 atom stereocenters. The number of hydrogen-bond donors (Lipinski definition) is 0. The van der Waals surface area contributed by atoms with Gasteiger partial charge < -0.3 is 4.74 Å². The molecule has 0 unspecified atom stereocenters. The maximum absolute atomic E-state index is 12.4. The average Bonchev–Trinajstić information content (AvgIpc) is 2.95. The number of halogens is 2. The number of aryl methyl sites for hydroxylation is 3. The molecule has 0 bridgehead atoms. The van der Waals surface area contributed by atoms with E-state index in [9.17, 15) is 4.79 Å². The minimum atomic E-state index is -0.195. The van der Waals surface area contributed by atoms with Crippen molar-refractivity contribution in [3.8, 4) is 17.3 Å². The summed E-state index contributed by atoms with van der Waals surface area (Å²) in [4.78, 5) is 16.6. The molecule has 3 aromatic rings. The topological polar surface area (TPSA) is 61.9 Å². The smallest absolute Gasteiger partial charge is 0.261 e. The van der Waals surface area contributed by atoms with Crippen LogP contribution in [0.25, 0.3) is 5.69 Å². The van der Waals surface area contributed by atoms with Crippen LogP contribution in [0.2, 0.25) is 10.0 Å². The fourth-order valence-electron chi connectivity index (χ4n) is 2.24. The first-order valence-electron chi connectivity index (χ1n) is 7.09. The van der Waals surface area contributed by atoms with Gasteiger partial charge in [-0.1, -0.05) is 23.2 Å². The van der Waals surface area contributed by atoms with Gasteiger partial charge in [0.1, 0.15) is 16.6 Å². The molecule has 0 aliphatic rings. The van der Waals surface area contributed by atoms with Crippen LogP contribution in [0.15, 0.2) is 35.4 Å². The molecule has 0 aliphatic heterocycles. The second-order valence-electron chi connectivity index (χ2n) is 5.27. The van der Waals surface area contributed by atoms with Gasteiger partial charge in [-0.05, 0) is 26.0 Å². The van der Waals surface area contributed by atoms with Crippen LogP contribution in [0, 0.1) is 13.8 Å². The van der Waals surface area contributed by atoms with E-state index >= 15 is 0 Å². The molecule has 0 aliphatic carbocycles. The van der Waals surface area contributed by atoms with Crippen LogP contribution >= 0.6 is 23.2 Å². The third-order valence-electron chi connectivity index (χ3n) is 3.48. The highest BCUT2D eigenvalue weighted by Crippen LogP contribution is 2.38. The molecule has 124 valence electrons. The molecule has 6 nitrogen and oxygen atoms in total. The van der Waals surface area contributed by atoms with Crippen LogP contribution in [0.3, 0.4) is 0 Å². The van der Waals surface area contributed by atoms with E-state index in [1.807, 2.05) is 0 Å². The van der Waals surface area contributed by atoms with E-state index in [0.29, 0.717) is 28.7 Å². The van der Waals surface area contributed by atoms with Gasteiger partial charge in [-0.2, -0.15) is 0 Å². The standard InChI is InChI=1S/C16H14Cl2N4O2/c1-9-8-19-10(2)22(16(9)23)11-4-5-12(15(18)14(11)17)24-13-6-7-21(3)20-13/h4-8H,1-3H3. The Bertz CT molecular complexity index is 979. The molecule has 0 saturated heterocycles. The SMILES string of the molecule is Cc1cnc(C)n(-c2ccc(Oc3ccn(C)n3)c(Cl)c2Cl)c1=O. The van der Waals surface area contributed by atoms with E-state index < -0.39 is 0 Å². The molecule has 2 heterocycles. The molecule has 2 aromatic heterocycles. The van der Waals surface area contributed by atoms with Crippen molar-refractivity contribution in [2.24, 2.45) is 7.05 Å². The Hall–Kier alpha value is -2.31. The maximum Gasteiger partial charge on any atom is 0.261 e. The Balaban J connectivity index is 2.08. The zero-order valence-corrected chi connectivity index (χ0v) is 14.8. The third kappa shape index (κ3) is 2.90. The van der Waals surface area contributed by atoms with E-state index in [1.54, 1.807) is 50.0 Å². The number of rotatable bonds is 3. The molecular formula is C16H14Cl2N4O2. The zero-order chi connectivity index (χ0) is 17.4. The Morgan fingerprint density at radius 2 is 1.88 bits per heavy atom. The summed E-state index contributed by atoms with van der Waals surface area (Å²) >= 11 is 12.7. The Labute approximate surface area is 148 Å². The third-order valence-corrected chi connectivity index (χ3v) is 4.33. The summed E-state index contributed by atoms with van der Waals surface area (Å²) < 4.78 is 8.67. The van der Waals surface area contributed by atoms with Crippen molar-refractivity contribution in [1.82, 2.24) is 19.3 Å². The van der Waals surface area contributed by atoms with Crippen molar-refractivity contribution in [2.45, 2.75) is 13.8 Å². The number of hydrogen-bond acceptors (Lipinski definition) is 4. The highest BCUT2D eigenvalue weighted by molar-refractivity contribution is 6.44. The fraction of sp³-hybridized carbons (Fsp3) is 0.188. The Kier molecular flexibility index (Phi) is 4.34. The quantitative estimate of drug-likeness (QED) is 0.710. The predicted molar refractivity (Wildman–Crippen MR) is 92.6 cm³/mol. The zero-order valence-electron chi connectivity index (χ0n) is 13.2. The summed E-state index contributed by atoms with van der Waals surface area (Å²) in [6.07, 6.45) is 3.28. The van der Waals surface area contributed by atoms with Crippen molar-refractivity contribution >= 4 is 23.2 Å². The second-order valence-corrected chi connectivity index (χ2v) is 6.03. The Morgan fingerprint density at radius 1 is 1.12 bits per heavy atom. The second kappa shape index (κ2) is 6.30. The lowest BCUT2D eigenvalue weighted by molar-refractivity contribution is 0.454. The van der Waals surface area contributed by atoms with Crippen LogP contribution in [0.5, 0.6) is 11.6 Å². The molecule has 0 fully saturated rings. The summed E-state index contributed by atoms with van der Waals surface area (Å²) in [6.45, 7) is 3.42. The Morgan fingerprint density at radius 3 is 2.54 bits per heavy atom. The van der Waals surface area contributed by atoms with Gasteiger partial charge in [0.05, 0.1) is 10.7 Å². The van der Waals surface area contributed by atoms with Gasteiger partial charge in [0.2, 0.25) is 5.88 Å². The summed E-state index contributed by atoms with van der Waals surface area (Å²) in [5.74, 6) is 1.27. The van der Waals surface area contributed by atoms with Gasteiger partial charge in [0.15, 0.2) is 0 Å². The molecular weight excluding hydrogens is 351 g/mol. The first kappa shape index (κ1) is 16.5. The van der Waals surface area contributed by atoms with Crippen molar-refractivity contribution in [1.29, 1.82) is 0 Å². The van der Waals surface area contributed by atoms with E-state index in [1.165, 1.54) is 10.8 Å². The van der Waals surface area contributed by atoms with Crippen LogP contribution < -0.4 is 10.3 Å². The van der Waals surface area contributed by atoms with E-state index in [2.05, 4.69) is 10.1 Å². The molecule has 0 saturated carbocycles. The molecule has 8 heteroatoms. The number of ether oxygens (including phenoxy) is 1. The fourth-order valence-corrected chi connectivity index (χ4v) is 2.68. The number of nitrogens with zero attached hydrogens (tertiary/aromatic N) is 4. The normalized spacial score (nSPS) is 10.9. The van der Waals surface area contributed by atoms with Crippen molar-refractivity contribution < 1.29 is 4.74 Å². The highest BCUT2D eigenvalue weighted by atomic mass is 35.5. The summed E-state index contributed by atoms with van der Waals surface area (Å²) in [7, 11) is 1.78. The number of benzene rings is 1. The van der Waals surface area contributed by atoms with Crippen LogP contribution in [-0.2, 0) is 7.05 Å². The lowest BCUT2D eigenvalue weighted by atomic mass is 10.2. The molecule has 0 N–H and O–H groups in total. The number of aromatic nitrogens is 4. The van der Waals surface area contributed by atoms with E-state index in [4.69, 9.17) is 27.9 Å². The molecule has 3 rings (SSSR count). The van der Waals surface area contributed by atoms with Crippen LogP contribution in [0.1, 0.15) is 11.4 Å². The minimum absolute atomic E-state index is 0.195. The molecule has 24 heavy (non-hydrogen) atoms. The van der Waals surface area contributed by atoms with Crippen molar-refractivity contribution in [3.05, 3.63) is 62.4 Å². The minimum Gasteiger partial charge on any atom is -0.436 e. The van der Waals surface area contributed by atoms with Gasteiger partial charge in [-0.3, -0.25) is 14.0 Å². The largest absolute Gasteiger partial charge is 0.436 e. The van der Waals surface area contributed by atoms with Gasteiger partial charge >= 0.3 is 0 Å².